The van der Waals surface area contributed by atoms with Crippen LogP contribution in [0.15, 0.2) is 71.4 Å². The molecule has 0 saturated heterocycles. The third-order valence-corrected chi connectivity index (χ3v) is 2.46. The highest BCUT2D eigenvalue weighted by Crippen LogP contribution is 2.23. The molecule has 0 aliphatic heterocycles. The molecule has 2 rings (SSSR count). The summed E-state index contributed by atoms with van der Waals surface area (Å²) >= 11 is 0. The number of furan rings is 1. The normalized spacial score (nSPS) is 8.46. The van der Waals surface area contributed by atoms with Crippen molar-refractivity contribution in [2.75, 3.05) is 7.11 Å². The van der Waals surface area contributed by atoms with E-state index in [4.69, 9.17) is 9.15 Å². The van der Waals surface area contributed by atoms with E-state index >= 15 is 0 Å². The second kappa shape index (κ2) is 16.9. The maximum absolute atomic E-state index is 5.43. The van der Waals surface area contributed by atoms with Crippen LogP contribution in [-0.4, -0.2) is 7.11 Å². The zero-order valence-electron chi connectivity index (χ0n) is 16.2. The van der Waals surface area contributed by atoms with Gasteiger partial charge in [-0.05, 0) is 44.2 Å². The van der Waals surface area contributed by atoms with Gasteiger partial charge in [0.15, 0.2) is 0 Å². The number of methoxy groups -OCH3 is 1. The first kappa shape index (κ1) is 23.8. The second-order valence-corrected chi connectivity index (χ2v) is 4.00. The molecule has 2 aromatic rings. The number of benzene rings is 1. The molecule has 1 heterocycles. The van der Waals surface area contributed by atoms with E-state index in [-0.39, 0.29) is 0 Å². The first-order valence-electron chi connectivity index (χ1n) is 8.40. The van der Waals surface area contributed by atoms with Crippen molar-refractivity contribution in [1.29, 1.82) is 0 Å². The molecular formula is C22H32O2. The summed E-state index contributed by atoms with van der Waals surface area (Å²) < 4.78 is 10.5. The van der Waals surface area contributed by atoms with E-state index < -0.39 is 0 Å². The summed E-state index contributed by atoms with van der Waals surface area (Å²) in [6, 6.07) is 7.82. The first-order chi connectivity index (χ1) is 11.7. The molecule has 1 aromatic carbocycles. The predicted molar refractivity (Wildman–Crippen MR) is 108 cm³/mol. The third kappa shape index (κ3) is 10.3. The highest BCUT2D eigenvalue weighted by Gasteiger charge is 2.00. The molecule has 0 N–H and O–H groups in total. The smallest absolute Gasteiger partial charge is 0.137 e. The van der Waals surface area contributed by atoms with E-state index in [2.05, 4.69) is 12.3 Å². The number of ether oxygens (including phenoxy) is 1. The molecule has 132 valence electrons. The van der Waals surface area contributed by atoms with Crippen LogP contribution in [0.25, 0.3) is 11.0 Å². The molecule has 0 radical (unpaired) electrons. The highest BCUT2D eigenvalue weighted by atomic mass is 16.5. The monoisotopic (exact) mass is 328 g/mol. The van der Waals surface area contributed by atoms with Crippen molar-refractivity contribution in [2.24, 2.45) is 0 Å². The van der Waals surface area contributed by atoms with Crippen LogP contribution < -0.4 is 4.74 Å². The van der Waals surface area contributed by atoms with Gasteiger partial charge in [0.25, 0.3) is 0 Å². The van der Waals surface area contributed by atoms with Crippen molar-refractivity contribution in [3.63, 3.8) is 0 Å². The van der Waals surface area contributed by atoms with Crippen LogP contribution in [0.5, 0.6) is 5.75 Å². The summed E-state index contributed by atoms with van der Waals surface area (Å²) in [6.07, 6.45) is 9.16. The van der Waals surface area contributed by atoms with E-state index in [9.17, 15) is 0 Å². The molecule has 0 spiro atoms. The number of hydrogen-bond donors (Lipinski definition) is 0. The van der Waals surface area contributed by atoms with E-state index in [1.807, 2.05) is 90.1 Å². The van der Waals surface area contributed by atoms with Crippen molar-refractivity contribution >= 4 is 11.0 Å². The summed E-state index contributed by atoms with van der Waals surface area (Å²) in [5.41, 5.74) is 3.78. The Labute approximate surface area is 147 Å². The van der Waals surface area contributed by atoms with Gasteiger partial charge < -0.3 is 9.15 Å². The van der Waals surface area contributed by atoms with Crippen molar-refractivity contribution in [1.82, 2.24) is 0 Å². The van der Waals surface area contributed by atoms with E-state index in [0.29, 0.717) is 0 Å². The molecular weight excluding hydrogens is 296 g/mol. The Balaban J connectivity index is 0. The molecule has 0 bridgehead atoms. The van der Waals surface area contributed by atoms with Gasteiger partial charge in [-0.3, -0.25) is 0 Å². The van der Waals surface area contributed by atoms with Crippen LogP contribution in [-0.2, 0) is 0 Å². The van der Waals surface area contributed by atoms with Crippen LogP contribution in [0.4, 0.5) is 0 Å². The molecule has 0 aliphatic carbocycles. The van der Waals surface area contributed by atoms with Crippen molar-refractivity contribution in [2.45, 2.75) is 41.5 Å². The first-order valence-corrected chi connectivity index (χ1v) is 8.40. The number of rotatable bonds is 3. The maximum atomic E-state index is 5.43. The van der Waals surface area contributed by atoms with Gasteiger partial charge in [0, 0.05) is 11.5 Å². The van der Waals surface area contributed by atoms with Gasteiger partial charge in [0.1, 0.15) is 17.1 Å². The lowest BCUT2D eigenvalue weighted by atomic mass is 10.2. The number of hydrogen-bond acceptors (Lipinski definition) is 2. The number of aryl methyl sites for hydroxylation is 1. The quantitative estimate of drug-likeness (QED) is 0.437. The Bertz CT molecular complexity index is 639. The van der Waals surface area contributed by atoms with E-state index in [1.54, 1.807) is 13.2 Å². The van der Waals surface area contributed by atoms with Crippen LogP contribution in [0.2, 0.25) is 0 Å². The largest absolute Gasteiger partial charge is 0.497 e. The summed E-state index contributed by atoms with van der Waals surface area (Å²) in [5, 5.41) is 1.12. The van der Waals surface area contributed by atoms with Crippen LogP contribution in [0.1, 0.15) is 40.4 Å². The van der Waals surface area contributed by atoms with Gasteiger partial charge in [0.2, 0.25) is 0 Å². The van der Waals surface area contributed by atoms with Crippen molar-refractivity contribution in [3.8, 4) is 5.75 Å². The number of fused-ring (bicyclic) bond motifs is 1. The Hall–Kier alpha value is -2.44. The molecule has 0 saturated carbocycles. The Kier molecular flexibility index (Phi) is 16.8. The lowest BCUT2D eigenvalue weighted by Gasteiger charge is -1.96. The highest BCUT2D eigenvalue weighted by molar-refractivity contribution is 5.79. The molecule has 1 aromatic heterocycles. The molecule has 2 heteroatoms. The van der Waals surface area contributed by atoms with Gasteiger partial charge in [0.05, 0.1) is 7.11 Å². The van der Waals surface area contributed by atoms with Crippen molar-refractivity contribution < 1.29 is 9.15 Å². The predicted octanol–water partition coefficient (Wildman–Crippen LogP) is 7.26. The summed E-state index contributed by atoms with van der Waals surface area (Å²) in [4.78, 5) is 0. The fourth-order valence-corrected chi connectivity index (χ4v) is 1.56. The van der Waals surface area contributed by atoms with Gasteiger partial charge >= 0.3 is 0 Å². The molecule has 0 fully saturated rings. The standard InChI is InChI=1S/C10H10O2.C8H10.2C2H6/c1-7-5-8-3-4-9(11-2)6-10(8)12-7;1-3-5-7-8-6-4-2;2*1-2/h3-6H,1-2H3;3-5,7-8H,1H2,2H3;2*1-2H3/b;7-5-;;. The van der Waals surface area contributed by atoms with Gasteiger partial charge in [-0.1, -0.05) is 52.5 Å². The van der Waals surface area contributed by atoms with Crippen LogP contribution in [0.3, 0.4) is 0 Å². The molecule has 0 amide bonds. The Morgan fingerprint density at radius 1 is 1.08 bits per heavy atom. The molecule has 0 aliphatic rings. The van der Waals surface area contributed by atoms with Gasteiger partial charge in [-0.15, -0.1) is 5.73 Å². The SMILES string of the molecule is C=C/C=C\C=C=CC.CC.CC.COc1ccc2cc(C)oc2c1. The zero-order valence-corrected chi connectivity index (χ0v) is 16.2. The average Bonchev–Trinajstić information content (AvgIpc) is 3.02. The van der Waals surface area contributed by atoms with Crippen LogP contribution in [0, 0.1) is 6.92 Å². The third-order valence-electron chi connectivity index (χ3n) is 2.46. The molecule has 24 heavy (non-hydrogen) atoms. The lowest BCUT2D eigenvalue weighted by molar-refractivity contribution is 0.414. The van der Waals surface area contributed by atoms with Crippen LogP contribution >= 0.6 is 0 Å². The fourth-order valence-electron chi connectivity index (χ4n) is 1.56. The fraction of sp³-hybridized carbons (Fsp3) is 0.318. The lowest BCUT2D eigenvalue weighted by Crippen LogP contribution is -1.79. The molecule has 0 atom stereocenters. The summed E-state index contributed by atoms with van der Waals surface area (Å²) in [7, 11) is 1.65. The zero-order chi connectivity index (χ0) is 18.8. The van der Waals surface area contributed by atoms with E-state index in [1.165, 1.54) is 0 Å². The minimum absolute atomic E-state index is 0.830. The van der Waals surface area contributed by atoms with E-state index in [0.717, 1.165) is 22.5 Å². The maximum Gasteiger partial charge on any atom is 0.137 e. The van der Waals surface area contributed by atoms with Gasteiger partial charge in [-0.2, -0.15) is 0 Å². The Morgan fingerprint density at radius 3 is 2.29 bits per heavy atom. The topological polar surface area (TPSA) is 22.4 Å². The summed E-state index contributed by atoms with van der Waals surface area (Å²) in [5.74, 6) is 1.76. The summed E-state index contributed by atoms with van der Waals surface area (Å²) in [6.45, 7) is 15.4. The second-order valence-electron chi connectivity index (χ2n) is 4.00. The minimum atomic E-state index is 0.830. The molecule has 2 nitrogen and oxygen atoms in total. The van der Waals surface area contributed by atoms with Gasteiger partial charge in [-0.25, -0.2) is 0 Å². The van der Waals surface area contributed by atoms with Crippen molar-refractivity contribution in [3.05, 3.63) is 72.7 Å². The average molecular weight is 328 g/mol. The Morgan fingerprint density at radius 2 is 1.75 bits per heavy atom. The number of allylic oxidation sites excluding steroid dienone is 4. The molecule has 0 unspecified atom stereocenters. The minimum Gasteiger partial charge on any atom is -0.497 e.